The van der Waals surface area contributed by atoms with Crippen molar-refractivity contribution in [1.29, 1.82) is 0 Å². The van der Waals surface area contributed by atoms with Crippen molar-refractivity contribution in [3.05, 3.63) is 10.3 Å². The molecule has 54 valence electrons. The van der Waals surface area contributed by atoms with Crippen molar-refractivity contribution in [2.24, 2.45) is 5.84 Å². The highest BCUT2D eigenvalue weighted by Crippen LogP contribution is 2.07. The maximum atomic E-state index is 10.7. The van der Waals surface area contributed by atoms with Crippen LogP contribution in [0.4, 0.5) is 0 Å². The van der Waals surface area contributed by atoms with E-state index in [-0.39, 0.29) is 5.69 Å². The third-order valence-electron chi connectivity index (χ3n) is 0.852. The van der Waals surface area contributed by atoms with Gasteiger partial charge in [-0.15, -0.1) is 10.2 Å². The third-order valence-corrected chi connectivity index (χ3v) is 1.40. The van der Waals surface area contributed by atoms with E-state index in [0.29, 0.717) is 4.60 Å². The number of nitrogen functional groups attached to an aromatic ring is 1. The Morgan fingerprint density at radius 1 is 1.70 bits per heavy atom. The van der Waals surface area contributed by atoms with Gasteiger partial charge < -0.3 is 0 Å². The summed E-state index contributed by atoms with van der Waals surface area (Å²) in [5, 5.41) is 9.31. The number of hydrazine groups is 1. The summed E-state index contributed by atoms with van der Waals surface area (Å²) in [6.45, 7) is 0. The number of rotatable bonds is 1. The smallest absolute Gasteiger partial charge is 0.288 e. The van der Waals surface area contributed by atoms with Gasteiger partial charge in [-0.05, 0) is 15.9 Å². The first-order valence-corrected chi connectivity index (χ1v) is 3.12. The first kappa shape index (κ1) is 7.16. The molecule has 7 heteroatoms. The number of nitrogens with two attached hydrogens (primary N) is 1. The molecule has 6 nitrogen and oxygen atoms in total. The second-order valence-corrected chi connectivity index (χ2v) is 2.19. The SMILES string of the molecule is NNC(=O)c1n[nH]nc1Br. The van der Waals surface area contributed by atoms with E-state index in [1.165, 1.54) is 0 Å². The van der Waals surface area contributed by atoms with Crippen molar-refractivity contribution in [1.82, 2.24) is 20.8 Å². The highest BCUT2D eigenvalue weighted by molar-refractivity contribution is 9.10. The lowest BCUT2D eigenvalue weighted by Gasteiger charge is -1.90. The summed E-state index contributed by atoms with van der Waals surface area (Å²) in [4.78, 5) is 10.7. The number of aromatic amines is 1. The third kappa shape index (κ3) is 1.14. The quantitative estimate of drug-likeness (QED) is 0.317. The maximum absolute atomic E-state index is 10.7. The number of aromatic nitrogens is 3. The van der Waals surface area contributed by atoms with Crippen molar-refractivity contribution >= 4 is 21.8 Å². The van der Waals surface area contributed by atoms with Crippen LogP contribution < -0.4 is 11.3 Å². The maximum Gasteiger partial charge on any atom is 0.288 e. The van der Waals surface area contributed by atoms with Crippen molar-refractivity contribution in [2.75, 3.05) is 0 Å². The van der Waals surface area contributed by atoms with Gasteiger partial charge in [0, 0.05) is 0 Å². The van der Waals surface area contributed by atoms with E-state index in [4.69, 9.17) is 5.84 Å². The van der Waals surface area contributed by atoms with Crippen LogP contribution in [0.2, 0.25) is 0 Å². The van der Waals surface area contributed by atoms with E-state index >= 15 is 0 Å². The van der Waals surface area contributed by atoms with Gasteiger partial charge in [-0.2, -0.15) is 5.21 Å². The van der Waals surface area contributed by atoms with Gasteiger partial charge in [0.05, 0.1) is 0 Å². The fourth-order valence-corrected chi connectivity index (χ4v) is 0.779. The minimum Gasteiger partial charge on any atom is -0.289 e. The Balaban J connectivity index is 2.93. The van der Waals surface area contributed by atoms with E-state index in [2.05, 4.69) is 31.3 Å². The van der Waals surface area contributed by atoms with Crippen LogP contribution in [0, 0.1) is 0 Å². The molecule has 10 heavy (non-hydrogen) atoms. The van der Waals surface area contributed by atoms with Crippen molar-refractivity contribution in [2.45, 2.75) is 0 Å². The number of H-pyrrole nitrogens is 1. The molecule has 1 rings (SSSR count). The summed E-state index contributed by atoms with van der Waals surface area (Å²) in [5.74, 6) is 4.34. The molecule has 0 atom stereocenters. The van der Waals surface area contributed by atoms with Crippen LogP contribution in [0.5, 0.6) is 0 Å². The Bertz CT molecular complexity index is 245. The zero-order valence-electron chi connectivity index (χ0n) is 4.76. The topological polar surface area (TPSA) is 96.7 Å². The van der Waals surface area contributed by atoms with Crippen LogP contribution in [-0.4, -0.2) is 21.3 Å². The van der Waals surface area contributed by atoms with E-state index in [1.54, 1.807) is 0 Å². The molecule has 1 aromatic rings. The number of amides is 1. The summed E-state index contributed by atoms with van der Waals surface area (Å²) in [6.07, 6.45) is 0. The molecular formula is C3H4BrN5O. The fraction of sp³-hybridized carbons (Fsp3) is 0. The zero-order chi connectivity index (χ0) is 7.56. The van der Waals surface area contributed by atoms with Crippen molar-refractivity contribution in [3.63, 3.8) is 0 Å². The second-order valence-electron chi connectivity index (χ2n) is 1.44. The van der Waals surface area contributed by atoms with E-state index in [1.807, 2.05) is 5.43 Å². The average molecular weight is 206 g/mol. The van der Waals surface area contributed by atoms with E-state index in [0.717, 1.165) is 0 Å². The summed E-state index contributed by atoms with van der Waals surface area (Å²) >= 11 is 2.99. The Labute approximate surface area is 64.3 Å². The Morgan fingerprint density at radius 3 is 2.80 bits per heavy atom. The lowest BCUT2D eigenvalue weighted by molar-refractivity contribution is 0.0948. The predicted molar refractivity (Wildman–Crippen MR) is 35.7 cm³/mol. The van der Waals surface area contributed by atoms with Crippen LogP contribution >= 0.6 is 15.9 Å². The van der Waals surface area contributed by atoms with Crippen LogP contribution in [0.15, 0.2) is 4.60 Å². The zero-order valence-corrected chi connectivity index (χ0v) is 6.34. The summed E-state index contributed by atoms with van der Waals surface area (Å²) < 4.78 is 0.343. The van der Waals surface area contributed by atoms with Gasteiger partial charge in [0.2, 0.25) is 0 Å². The minimum atomic E-state index is -0.486. The van der Waals surface area contributed by atoms with Gasteiger partial charge in [-0.25, -0.2) is 5.84 Å². The molecule has 0 bridgehead atoms. The molecule has 1 amide bonds. The lowest BCUT2D eigenvalue weighted by atomic mass is 10.5. The molecule has 1 heterocycles. The first-order chi connectivity index (χ1) is 4.75. The monoisotopic (exact) mass is 205 g/mol. The van der Waals surface area contributed by atoms with Crippen molar-refractivity contribution < 1.29 is 4.79 Å². The van der Waals surface area contributed by atoms with Gasteiger partial charge >= 0.3 is 0 Å². The lowest BCUT2D eigenvalue weighted by Crippen LogP contribution is -2.30. The van der Waals surface area contributed by atoms with Crippen molar-refractivity contribution in [3.8, 4) is 0 Å². The standard InChI is InChI=1S/C3H4BrN5O/c4-2-1(3(10)6-5)7-9-8-2/h5H2,(H,6,10)(H,7,8,9). The normalized spacial score (nSPS) is 9.40. The highest BCUT2D eigenvalue weighted by Gasteiger charge is 2.11. The molecule has 4 N–H and O–H groups in total. The summed E-state index contributed by atoms with van der Waals surface area (Å²) in [7, 11) is 0. The minimum absolute atomic E-state index is 0.141. The van der Waals surface area contributed by atoms with Crippen LogP contribution in [0.25, 0.3) is 0 Å². The Hall–Kier alpha value is -0.950. The van der Waals surface area contributed by atoms with E-state index < -0.39 is 5.91 Å². The van der Waals surface area contributed by atoms with Crippen LogP contribution in [0.3, 0.4) is 0 Å². The summed E-state index contributed by atoms with van der Waals surface area (Å²) in [6, 6.07) is 0. The molecule has 0 aromatic carbocycles. The number of nitrogens with zero attached hydrogens (tertiary/aromatic N) is 2. The first-order valence-electron chi connectivity index (χ1n) is 2.33. The number of hydrogen-bond donors (Lipinski definition) is 3. The molecule has 0 aliphatic carbocycles. The fourth-order valence-electron chi connectivity index (χ4n) is 0.431. The van der Waals surface area contributed by atoms with Gasteiger partial charge in [-0.3, -0.25) is 10.2 Å². The predicted octanol–water partition coefficient (Wildman–Crippen LogP) is -0.829. The van der Waals surface area contributed by atoms with Crippen LogP contribution in [-0.2, 0) is 0 Å². The Morgan fingerprint density at radius 2 is 2.40 bits per heavy atom. The molecule has 0 fully saturated rings. The van der Waals surface area contributed by atoms with Gasteiger partial charge in [0.1, 0.15) is 0 Å². The van der Waals surface area contributed by atoms with E-state index in [9.17, 15) is 4.79 Å². The van der Waals surface area contributed by atoms with Crippen LogP contribution in [0.1, 0.15) is 10.5 Å². The number of nitrogens with one attached hydrogen (secondary N) is 2. The molecule has 1 aromatic heterocycles. The molecule has 0 saturated carbocycles. The second kappa shape index (κ2) is 2.76. The highest BCUT2D eigenvalue weighted by atomic mass is 79.9. The number of carbonyl (C=O) groups is 1. The molecule has 0 aliphatic rings. The Kier molecular flexibility index (Phi) is 1.97. The number of hydrogen-bond acceptors (Lipinski definition) is 4. The number of carbonyl (C=O) groups excluding carboxylic acids is 1. The molecule has 0 aliphatic heterocycles. The van der Waals surface area contributed by atoms with Gasteiger partial charge in [0.15, 0.2) is 10.3 Å². The molecule has 0 saturated heterocycles. The summed E-state index contributed by atoms with van der Waals surface area (Å²) in [5.41, 5.74) is 2.06. The van der Waals surface area contributed by atoms with Gasteiger partial charge in [0.25, 0.3) is 5.91 Å². The largest absolute Gasteiger partial charge is 0.289 e. The number of halogens is 1. The molecule has 0 spiro atoms. The molecular weight excluding hydrogens is 202 g/mol. The average Bonchev–Trinajstić information content (AvgIpc) is 2.34. The molecule has 0 radical (unpaired) electrons. The molecule has 0 unspecified atom stereocenters. The van der Waals surface area contributed by atoms with Gasteiger partial charge in [-0.1, -0.05) is 0 Å².